The predicted molar refractivity (Wildman–Crippen MR) is 86.3 cm³/mol. The molecule has 4 heteroatoms. The fourth-order valence-corrected chi connectivity index (χ4v) is 2.26. The second-order valence-electron chi connectivity index (χ2n) is 4.83. The zero-order valence-electron chi connectivity index (χ0n) is 12.5. The standard InChI is InChI=1S/C17H20ClNO2/c1-12(19-2)13-5-4-6-16(10-13)21-11-14-9-15(18)7-8-17(14)20-3/h4-10,12,19H,11H2,1-3H3. The van der Waals surface area contributed by atoms with Crippen molar-refractivity contribution in [3.05, 3.63) is 58.6 Å². The van der Waals surface area contributed by atoms with Crippen molar-refractivity contribution in [1.29, 1.82) is 0 Å². The van der Waals surface area contributed by atoms with E-state index in [-0.39, 0.29) is 6.04 Å². The van der Waals surface area contributed by atoms with Crippen molar-refractivity contribution >= 4 is 11.6 Å². The van der Waals surface area contributed by atoms with Crippen LogP contribution < -0.4 is 14.8 Å². The van der Waals surface area contributed by atoms with Gasteiger partial charge in [-0.2, -0.15) is 0 Å². The van der Waals surface area contributed by atoms with Crippen molar-refractivity contribution in [1.82, 2.24) is 5.32 Å². The summed E-state index contributed by atoms with van der Waals surface area (Å²) in [5.74, 6) is 1.61. The molecule has 1 unspecified atom stereocenters. The lowest BCUT2D eigenvalue weighted by atomic mass is 10.1. The fourth-order valence-electron chi connectivity index (χ4n) is 2.06. The molecule has 2 aromatic carbocycles. The number of ether oxygens (including phenoxy) is 2. The molecule has 2 aromatic rings. The monoisotopic (exact) mass is 305 g/mol. The first-order valence-electron chi connectivity index (χ1n) is 6.86. The van der Waals surface area contributed by atoms with Gasteiger partial charge in [0.25, 0.3) is 0 Å². The third kappa shape index (κ3) is 4.13. The van der Waals surface area contributed by atoms with Crippen LogP contribution in [-0.4, -0.2) is 14.2 Å². The third-order valence-corrected chi connectivity index (χ3v) is 3.66. The van der Waals surface area contributed by atoms with E-state index in [9.17, 15) is 0 Å². The molecule has 2 rings (SSSR count). The molecule has 0 aliphatic heterocycles. The molecule has 0 radical (unpaired) electrons. The summed E-state index contributed by atoms with van der Waals surface area (Å²) in [6.07, 6.45) is 0. The maximum Gasteiger partial charge on any atom is 0.125 e. The summed E-state index contributed by atoms with van der Waals surface area (Å²) < 4.78 is 11.2. The van der Waals surface area contributed by atoms with Gasteiger partial charge in [0, 0.05) is 16.6 Å². The molecule has 0 spiro atoms. The SMILES string of the molecule is CNC(C)c1cccc(OCc2cc(Cl)ccc2OC)c1. The van der Waals surface area contributed by atoms with Gasteiger partial charge in [-0.25, -0.2) is 0 Å². The maximum atomic E-state index is 6.02. The van der Waals surface area contributed by atoms with E-state index < -0.39 is 0 Å². The van der Waals surface area contributed by atoms with E-state index in [0.29, 0.717) is 11.6 Å². The first-order valence-corrected chi connectivity index (χ1v) is 7.24. The van der Waals surface area contributed by atoms with Gasteiger partial charge in [-0.3, -0.25) is 0 Å². The largest absolute Gasteiger partial charge is 0.496 e. The average Bonchev–Trinajstić information content (AvgIpc) is 2.52. The number of hydrogen-bond acceptors (Lipinski definition) is 3. The Kier molecular flexibility index (Phi) is 5.48. The number of methoxy groups -OCH3 is 1. The minimum absolute atomic E-state index is 0.286. The second-order valence-corrected chi connectivity index (χ2v) is 5.26. The van der Waals surface area contributed by atoms with Gasteiger partial charge in [-0.05, 0) is 49.9 Å². The summed E-state index contributed by atoms with van der Waals surface area (Å²) >= 11 is 6.02. The molecule has 0 heterocycles. The molecule has 3 nitrogen and oxygen atoms in total. The number of rotatable bonds is 6. The fraction of sp³-hybridized carbons (Fsp3) is 0.294. The van der Waals surface area contributed by atoms with E-state index >= 15 is 0 Å². The Morgan fingerprint density at radius 2 is 2.00 bits per heavy atom. The predicted octanol–water partition coefficient (Wildman–Crippen LogP) is 4.21. The summed E-state index contributed by atoms with van der Waals surface area (Å²) in [7, 11) is 3.58. The van der Waals surface area contributed by atoms with Crippen LogP contribution in [0.3, 0.4) is 0 Å². The van der Waals surface area contributed by atoms with Gasteiger partial charge >= 0.3 is 0 Å². The molecule has 1 atom stereocenters. The van der Waals surface area contributed by atoms with Crippen molar-refractivity contribution < 1.29 is 9.47 Å². The Morgan fingerprint density at radius 3 is 2.71 bits per heavy atom. The molecule has 21 heavy (non-hydrogen) atoms. The molecular formula is C17H20ClNO2. The molecular weight excluding hydrogens is 286 g/mol. The van der Waals surface area contributed by atoms with E-state index in [1.54, 1.807) is 13.2 Å². The Morgan fingerprint density at radius 1 is 1.19 bits per heavy atom. The van der Waals surface area contributed by atoms with Crippen LogP contribution in [0.25, 0.3) is 0 Å². The van der Waals surface area contributed by atoms with Crippen LogP contribution >= 0.6 is 11.6 Å². The Hall–Kier alpha value is -1.71. The first kappa shape index (κ1) is 15.7. The highest BCUT2D eigenvalue weighted by molar-refractivity contribution is 6.30. The van der Waals surface area contributed by atoms with Crippen LogP contribution in [0.4, 0.5) is 0 Å². The van der Waals surface area contributed by atoms with Crippen molar-refractivity contribution in [3.8, 4) is 11.5 Å². The van der Waals surface area contributed by atoms with Crippen molar-refractivity contribution in [2.75, 3.05) is 14.2 Å². The van der Waals surface area contributed by atoms with Crippen LogP contribution in [0, 0.1) is 0 Å². The van der Waals surface area contributed by atoms with Gasteiger partial charge in [0.2, 0.25) is 0 Å². The Balaban J connectivity index is 2.11. The van der Waals surface area contributed by atoms with Crippen LogP contribution in [0.1, 0.15) is 24.1 Å². The van der Waals surface area contributed by atoms with Gasteiger partial charge in [-0.15, -0.1) is 0 Å². The van der Waals surface area contributed by atoms with Crippen LogP contribution in [-0.2, 0) is 6.61 Å². The highest BCUT2D eigenvalue weighted by Crippen LogP contribution is 2.25. The lowest BCUT2D eigenvalue weighted by Gasteiger charge is -2.14. The lowest BCUT2D eigenvalue weighted by molar-refractivity contribution is 0.296. The molecule has 0 fully saturated rings. The first-order chi connectivity index (χ1) is 10.1. The third-order valence-electron chi connectivity index (χ3n) is 3.43. The average molecular weight is 306 g/mol. The molecule has 1 N–H and O–H groups in total. The summed E-state index contributed by atoms with van der Waals surface area (Å²) in [4.78, 5) is 0. The summed E-state index contributed by atoms with van der Waals surface area (Å²) in [5.41, 5.74) is 2.12. The molecule has 0 aromatic heterocycles. The quantitative estimate of drug-likeness (QED) is 0.867. The van der Waals surface area contributed by atoms with Gasteiger partial charge in [0.15, 0.2) is 0 Å². The molecule has 0 saturated carbocycles. The highest BCUT2D eigenvalue weighted by atomic mass is 35.5. The molecule has 112 valence electrons. The number of hydrogen-bond donors (Lipinski definition) is 1. The molecule has 0 bridgehead atoms. The van der Waals surface area contributed by atoms with Crippen LogP contribution in [0.2, 0.25) is 5.02 Å². The maximum absolute atomic E-state index is 6.02. The Bertz CT molecular complexity index is 601. The zero-order chi connectivity index (χ0) is 15.2. The van der Waals surface area contributed by atoms with Crippen molar-refractivity contribution in [2.45, 2.75) is 19.6 Å². The Labute approximate surface area is 130 Å². The molecule has 0 amide bonds. The molecule has 0 saturated heterocycles. The second kappa shape index (κ2) is 7.34. The summed E-state index contributed by atoms with van der Waals surface area (Å²) in [6.45, 7) is 2.53. The summed E-state index contributed by atoms with van der Waals surface area (Å²) in [5, 5.41) is 3.89. The number of halogens is 1. The van der Waals surface area contributed by atoms with E-state index in [2.05, 4.69) is 18.3 Å². The van der Waals surface area contributed by atoms with Crippen molar-refractivity contribution in [3.63, 3.8) is 0 Å². The molecule has 0 aliphatic carbocycles. The molecule has 0 aliphatic rings. The minimum atomic E-state index is 0.286. The highest BCUT2D eigenvalue weighted by Gasteiger charge is 2.07. The van der Waals surface area contributed by atoms with E-state index in [4.69, 9.17) is 21.1 Å². The van der Waals surface area contributed by atoms with E-state index in [0.717, 1.165) is 17.1 Å². The van der Waals surface area contributed by atoms with E-state index in [1.807, 2.05) is 37.4 Å². The van der Waals surface area contributed by atoms with Gasteiger partial charge < -0.3 is 14.8 Å². The minimum Gasteiger partial charge on any atom is -0.496 e. The normalized spacial score (nSPS) is 12.0. The summed E-state index contributed by atoms with van der Waals surface area (Å²) in [6, 6.07) is 13.9. The van der Waals surface area contributed by atoms with Crippen LogP contribution in [0.15, 0.2) is 42.5 Å². The topological polar surface area (TPSA) is 30.5 Å². The van der Waals surface area contributed by atoms with Gasteiger partial charge in [-0.1, -0.05) is 23.7 Å². The van der Waals surface area contributed by atoms with Gasteiger partial charge in [0.1, 0.15) is 18.1 Å². The number of benzene rings is 2. The van der Waals surface area contributed by atoms with Crippen molar-refractivity contribution in [2.24, 2.45) is 0 Å². The lowest BCUT2D eigenvalue weighted by Crippen LogP contribution is -2.12. The van der Waals surface area contributed by atoms with E-state index in [1.165, 1.54) is 5.56 Å². The smallest absolute Gasteiger partial charge is 0.125 e. The van der Waals surface area contributed by atoms with Crippen LogP contribution in [0.5, 0.6) is 11.5 Å². The van der Waals surface area contributed by atoms with Gasteiger partial charge in [0.05, 0.1) is 7.11 Å². The number of nitrogens with one attached hydrogen (secondary N) is 1. The zero-order valence-corrected chi connectivity index (χ0v) is 13.3.